The number of ether oxygens (including phenoxy) is 1. The predicted molar refractivity (Wildman–Crippen MR) is 77.4 cm³/mol. The minimum atomic E-state index is -0.773. The normalized spacial score (nSPS) is 15.4. The van der Waals surface area contributed by atoms with E-state index in [1.807, 2.05) is 23.6 Å². The van der Waals surface area contributed by atoms with Crippen molar-refractivity contribution in [1.29, 1.82) is 0 Å². The number of benzene rings is 1. The molecule has 4 nitrogen and oxygen atoms in total. The van der Waals surface area contributed by atoms with Gasteiger partial charge in [0.05, 0.1) is 12.0 Å². The Balaban J connectivity index is 1.98. The second-order valence-electron chi connectivity index (χ2n) is 4.68. The highest BCUT2D eigenvalue weighted by atomic mass is 32.1. The molecule has 0 saturated carbocycles. The van der Waals surface area contributed by atoms with Crippen molar-refractivity contribution in [3.8, 4) is 5.75 Å². The number of hydrogen-bond acceptors (Lipinski definition) is 4. The Morgan fingerprint density at radius 1 is 1.40 bits per heavy atom. The van der Waals surface area contributed by atoms with Gasteiger partial charge in [-0.15, -0.1) is 11.3 Å². The van der Waals surface area contributed by atoms with E-state index in [4.69, 9.17) is 4.74 Å². The number of rotatable bonds is 3. The van der Waals surface area contributed by atoms with Crippen LogP contribution in [0.5, 0.6) is 5.75 Å². The smallest absolute Gasteiger partial charge is 0.251 e. The van der Waals surface area contributed by atoms with Crippen molar-refractivity contribution in [3.63, 3.8) is 0 Å². The zero-order valence-electron chi connectivity index (χ0n) is 11.1. The molecule has 1 amide bonds. The van der Waals surface area contributed by atoms with Gasteiger partial charge in [0.1, 0.15) is 11.9 Å². The van der Waals surface area contributed by atoms with Gasteiger partial charge in [0.25, 0.3) is 5.91 Å². The molecule has 2 heterocycles. The highest BCUT2D eigenvalue weighted by Crippen LogP contribution is 2.35. The number of nitrogens with one attached hydrogen (secondary N) is 1. The van der Waals surface area contributed by atoms with Gasteiger partial charge in [-0.25, -0.2) is 0 Å². The molecule has 1 aliphatic heterocycles. The molecule has 3 rings (SSSR count). The van der Waals surface area contributed by atoms with E-state index in [9.17, 15) is 9.90 Å². The molecular weight excluding hydrogens is 274 g/mol. The molecule has 104 valence electrons. The quantitative estimate of drug-likeness (QED) is 0.910. The van der Waals surface area contributed by atoms with Crippen molar-refractivity contribution in [2.45, 2.75) is 12.5 Å². The lowest BCUT2D eigenvalue weighted by molar-refractivity contribution is 0.0945. The number of fused-ring (bicyclic) bond motifs is 1. The molecular formula is C15H15NO3S. The molecule has 1 unspecified atom stereocenters. The first-order valence-corrected chi connectivity index (χ1v) is 7.29. The predicted octanol–water partition coefficient (Wildman–Crippen LogP) is 2.12. The number of hydrogen-bond donors (Lipinski definition) is 2. The van der Waals surface area contributed by atoms with Crippen LogP contribution in [0.4, 0.5) is 0 Å². The van der Waals surface area contributed by atoms with Crippen molar-refractivity contribution in [3.05, 3.63) is 51.2 Å². The summed E-state index contributed by atoms with van der Waals surface area (Å²) in [6, 6.07) is 7.40. The average molecular weight is 289 g/mol. The highest BCUT2D eigenvalue weighted by molar-refractivity contribution is 7.10. The molecule has 1 aromatic carbocycles. The maximum atomic E-state index is 11.9. The molecule has 1 aliphatic rings. The van der Waals surface area contributed by atoms with Crippen LogP contribution < -0.4 is 10.1 Å². The Bertz CT molecular complexity index is 650. The van der Waals surface area contributed by atoms with Gasteiger partial charge < -0.3 is 15.2 Å². The Morgan fingerprint density at radius 2 is 2.25 bits per heavy atom. The monoisotopic (exact) mass is 289 g/mol. The standard InChI is InChI=1S/C15H15NO3S/c1-19-12-5-7-20-14(12)13(17)10-3-2-9-4-6-16-15(18)11(9)8-10/h2-3,5,7-8,13,17H,4,6H2,1H3,(H,16,18). The molecule has 2 N–H and O–H groups in total. The lowest BCUT2D eigenvalue weighted by Gasteiger charge is -2.19. The number of aliphatic hydroxyl groups is 1. The highest BCUT2D eigenvalue weighted by Gasteiger charge is 2.21. The van der Waals surface area contributed by atoms with Crippen molar-refractivity contribution in [2.24, 2.45) is 0 Å². The second-order valence-corrected chi connectivity index (χ2v) is 5.63. The van der Waals surface area contributed by atoms with Crippen molar-refractivity contribution in [2.75, 3.05) is 13.7 Å². The van der Waals surface area contributed by atoms with Crippen LogP contribution in [0.15, 0.2) is 29.6 Å². The molecule has 0 spiro atoms. The van der Waals surface area contributed by atoms with Crippen molar-refractivity contribution in [1.82, 2.24) is 5.32 Å². The van der Waals surface area contributed by atoms with Gasteiger partial charge in [-0.1, -0.05) is 12.1 Å². The third-order valence-electron chi connectivity index (χ3n) is 3.50. The van der Waals surface area contributed by atoms with Gasteiger partial charge in [-0.05, 0) is 35.1 Å². The zero-order valence-corrected chi connectivity index (χ0v) is 11.9. The molecule has 0 aliphatic carbocycles. The number of amides is 1. The third kappa shape index (κ3) is 2.19. The van der Waals surface area contributed by atoms with Crippen LogP contribution >= 0.6 is 11.3 Å². The molecule has 1 aromatic heterocycles. The SMILES string of the molecule is COc1ccsc1C(O)c1ccc2c(c1)C(=O)NCC2. The number of aliphatic hydroxyl groups excluding tert-OH is 1. The van der Waals surface area contributed by atoms with E-state index < -0.39 is 6.10 Å². The summed E-state index contributed by atoms with van der Waals surface area (Å²) in [5, 5.41) is 15.2. The summed E-state index contributed by atoms with van der Waals surface area (Å²) >= 11 is 1.44. The lowest BCUT2D eigenvalue weighted by Crippen LogP contribution is -2.31. The van der Waals surface area contributed by atoms with Crippen LogP contribution in [-0.2, 0) is 6.42 Å². The van der Waals surface area contributed by atoms with Crippen LogP contribution in [0, 0.1) is 0 Å². The second kappa shape index (κ2) is 5.26. The Hall–Kier alpha value is -1.85. The largest absolute Gasteiger partial charge is 0.495 e. The van der Waals surface area contributed by atoms with E-state index in [0.29, 0.717) is 23.4 Å². The Kier molecular flexibility index (Phi) is 3.46. The van der Waals surface area contributed by atoms with E-state index in [1.54, 1.807) is 13.2 Å². The summed E-state index contributed by atoms with van der Waals surface area (Å²) < 4.78 is 5.23. The average Bonchev–Trinajstić information content (AvgIpc) is 2.95. The van der Waals surface area contributed by atoms with Gasteiger partial charge in [0.2, 0.25) is 0 Å². The maximum absolute atomic E-state index is 11.9. The third-order valence-corrected chi connectivity index (χ3v) is 4.45. The first-order valence-electron chi connectivity index (χ1n) is 6.41. The summed E-state index contributed by atoms with van der Waals surface area (Å²) in [5.74, 6) is 0.600. The molecule has 0 fully saturated rings. The van der Waals surface area contributed by atoms with Crippen molar-refractivity contribution >= 4 is 17.2 Å². The maximum Gasteiger partial charge on any atom is 0.251 e. The van der Waals surface area contributed by atoms with E-state index in [1.165, 1.54) is 11.3 Å². The van der Waals surface area contributed by atoms with Gasteiger partial charge in [-0.2, -0.15) is 0 Å². The van der Waals surface area contributed by atoms with E-state index in [0.717, 1.165) is 16.9 Å². The summed E-state index contributed by atoms with van der Waals surface area (Å²) in [6.07, 6.45) is 0.0599. The van der Waals surface area contributed by atoms with Crippen LogP contribution in [-0.4, -0.2) is 24.7 Å². The molecule has 0 saturated heterocycles. The topological polar surface area (TPSA) is 58.6 Å². The van der Waals surface area contributed by atoms with Crippen LogP contribution in [0.1, 0.15) is 32.5 Å². The number of thiophene rings is 1. The fourth-order valence-electron chi connectivity index (χ4n) is 2.43. The van der Waals surface area contributed by atoms with Crippen LogP contribution in [0.25, 0.3) is 0 Å². The van der Waals surface area contributed by atoms with Crippen molar-refractivity contribution < 1.29 is 14.6 Å². The zero-order chi connectivity index (χ0) is 14.1. The Labute approximate surface area is 121 Å². The summed E-state index contributed by atoms with van der Waals surface area (Å²) in [6.45, 7) is 0.673. The molecule has 0 radical (unpaired) electrons. The van der Waals surface area contributed by atoms with Crippen LogP contribution in [0.3, 0.4) is 0 Å². The van der Waals surface area contributed by atoms with Gasteiger partial charge in [0.15, 0.2) is 0 Å². The molecule has 5 heteroatoms. The van der Waals surface area contributed by atoms with Gasteiger partial charge in [-0.3, -0.25) is 4.79 Å². The van der Waals surface area contributed by atoms with Gasteiger partial charge >= 0.3 is 0 Å². The first-order chi connectivity index (χ1) is 9.70. The van der Waals surface area contributed by atoms with E-state index >= 15 is 0 Å². The van der Waals surface area contributed by atoms with Crippen LogP contribution in [0.2, 0.25) is 0 Å². The molecule has 20 heavy (non-hydrogen) atoms. The Morgan fingerprint density at radius 3 is 3.05 bits per heavy atom. The lowest BCUT2D eigenvalue weighted by atomic mass is 9.95. The number of carbonyl (C=O) groups excluding carboxylic acids is 1. The fraction of sp³-hybridized carbons (Fsp3) is 0.267. The fourth-order valence-corrected chi connectivity index (χ4v) is 3.30. The van der Waals surface area contributed by atoms with E-state index in [2.05, 4.69) is 5.32 Å². The summed E-state index contributed by atoms with van der Waals surface area (Å²) in [7, 11) is 1.58. The molecule has 1 atom stereocenters. The first kappa shape index (κ1) is 13.1. The number of carbonyl (C=O) groups is 1. The molecule has 2 aromatic rings. The minimum absolute atomic E-state index is 0.0709. The molecule has 0 bridgehead atoms. The summed E-state index contributed by atoms with van der Waals surface area (Å²) in [4.78, 5) is 12.6. The number of methoxy groups -OCH3 is 1. The minimum Gasteiger partial charge on any atom is -0.495 e. The summed E-state index contributed by atoms with van der Waals surface area (Å²) in [5.41, 5.74) is 2.40. The van der Waals surface area contributed by atoms with E-state index in [-0.39, 0.29) is 5.91 Å². The van der Waals surface area contributed by atoms with Gasteiger partial charge in [0, 0.05) is 12.1 Å².